The molecule has 0 fully saturated rings. The van der Waals surface area contributed by atoms with E-state index >= 15 is 0 Å². The predicted molar refractivity (Wildman–Crippen MR) is 133 cm³/mol. The molecule has 5 rings (SSSR count). The van der Waals surface area contributed by atoms with E-state index in [-0.39, 0.29) is 13.4 Å². The molecule has 1 aromatic heterocycles. The summed E-state index contributed by atoms with van der Waals surface area (Å²) in [6, 6.07) is 15.3. The number of hydrogen-bond acceptors (Lipinski definition) is 7. The highest BCUT2D eigenvalue weighted by atomic mass is 32.1. The summed E-state index contributed by atoms with van der Waals surface area (Å²) in [6.45, 7) is 1.54. The average molecular weight is 544 g/mol. The molecule has 4 aromatic rings. The van der Waals surface area contributed by atoms with E-state index in [0.29, 0.717) is 49.7 Å². The number of fused-ring (bicyclic) bond motifs is 1. The van der Waals surface area contributed by atoms with Crippen LogP contribution in [-0.4, -0.2) is 29.5 Å². The fourth-order valence-corrected chi connectivity index (χ4v) is 4.83. The van der Waals surface area contributed by atoms with Crippen LogP contribution in [0.1, 0.15) is 16.1 Å². The zero-order valence-corrected chi connectivity index (χ0v) is 20.7. The van der Waals surface area contributed by atoms with Gasteiger partial charge in [0.1, 0.15) is 23.1 Å². The number of aryl methyl sites for hydroxylation is 1. The normalized spacial score (nSPS) is 12.4. The topological polar surface area (TPSA) is 87.1 Å². The van der Waals surface area contributed by atoms with Gasteiger partial charge in [0.2, 0.25) is 6.79 Å². The summed E-state index contributed by atoms with van der Waals surface area (Å²) >= 11 is 1.31. The van der Waals surface area contributed by atoms with Crippen molar-refractivity contribution in [1.82, 2.24) is 4.98 Å². The van der Waals surface area contributed by atoms with Crippen molar-refractivity contribution in [3.05, 3.63) is 76.8 Å². The molecule has 11 heteroatoms. The van der Waals surface area contributed by atoms with Crippen molar-refractivity contribution in [1.29, 1.82) is 0 Å². The summed E-state index contributed by atoms with van der Waals surface area (Å²) in [5.41, 5.74) is 1.87. The van der Waals surface area contributed by atoms with Gasteiger partial charge in [-0.05, 0) is 66.6 Å². The summed E-state index contributed by atoms with van der Waals surface area (Å²) < 4.78 is 61.3. The van der Waals surface area contributed by atoms with Gasteiger partial charge in [-0.2, -0.15) is 13.2 Å². The molecule has 1 aliphatic rings. The van der Waals surface area contributed by atoms with E-state index in [1.54, 1.807) is 37.3 Å². The Morgan fingerprint density at radius 1 is 1.00 bits per heavy atom. The van der Waals surface area contributed by atoms with Gasteiger partial charge in [-0.1, -0.05) is 12.1 Å². The minimum Gasteiger partial charge on any atom is -0.486 e. The minimum atomic E-state index is -4.43. The Labute approximate surface area is 219 Å². The zero-order valence-electron chi connectivity index (χ0n) is 19.9. The van der Waals surface area contributed by atoms with Crippen molar-refractivity contribution >= 4 is 17.3 Å². The van der Waals surface area contributed by atoms with Crippen LogP contribution in [0.15, 0.2) is 60.7 Å². The first-order chi connectivity index (χ1) is 18.2. The molecule has 2 heterocycles. The van der Waals surface area contributed by atoms with Gasteiger partial charge in [-0.25, -0.2) is 9.78 Å². The van der Waals surface area contributed by atoms with Crippen LogP contribution in [-0.2, 0) is 17.6 Å². The molecule has 38 heavy (non-hydrogen) atoms. The predicted octanol–water partition coefficient (Wildman–Crippen LogP) is 6.58. The van der Waals surface area contributed by atoms with Crippen LogP contribution in [0, 0.1) is 6.92 Å². The van der Waals surface area contributed by atoms with Gasteiger partial charge in [0.15, 0.2) is 18.1 Å². The Hall–Kier alpha value is -4.25. The van der Waals surface area contributed by atoms with E-state index in [4.69, 9.17) is 29.0 Å². The van der Waals surface area contributed by atoms with E-state index < -0.39 is 24.3 Å². The van der Waals surface area contributed by atoms with E-state index in [9.17, 15) is 18.0 Å². The second kappa shape index (κ2) is 10.3. The summed E-state index contributed by atoms with van der Waals surface area (Å²) in [6.07, 6.45) is -4.43. The summed E-state index contributed by atoms with van der Waals surface area (Å²) in [5.74, 6) is 1.06. The number of carboxylic acids is 1. The minimum absolute atomic E-state index is 0.109. The van der Waals surface area contributed by atoms with E-state index in [0.717, 1.165) is 17.7 Å². The van der Waals surface area contributed by atoms with Gasteiger partial charge in [-0.15, -0.1) is 11.3 Å². The molecule has 0 saturated heterocycles. The van der Waals surface area contributed by atoms with Crippen LogP contribution in [0.2, 0.25) is 0 Å². The Bertz CT molecular complexity index is 1480. The van der Waals surface area contributed by atoms with Crippen LogP contribution in [0.3, 0.4) is 0 Å². The molecule has 0 unspecified atom stereocenters. The molecule has 0 aliphatic carbocycles. The monoisotopic (exact) mass is 543 g/mol. The molecule has 0 spiro atoms. The Morgan fingerprint density at radius 2 is 1.74 bits per heavy atom. The van der Waals surface area contributed by atoms with Gasteiger partial charge in [0, 0.05) is 5.56 Å². The third-order valence-electron chi connectivity index (χ3n) is 5.65. The number of thiazole rings is 1. The zero-order chi connectivity index (χ0) is 26.9. The third kappa shape index (κ3) is 5.52. The summed E-state index contributed by atoms with van der Waals surface area (Å²) in [7, 11) is 0. The van der Waals surface area contributed by atoms with E-state index in [2.05, 4.69) is 0 Å². The quantitative estimate of drug-likeness (QED) is 0.269. The number of halogens is 3. The lowest BCUT2D eigenvalue weighted by Gasteiger charge is -2.09. The van der Waals surface area contributed by atoms with Gasteiger partial charge >= 0.3 is 12.1 Å². The number of carboxylic acid groups (broad SMARTS) is 1. The van der Waals surface area contributed by atoms with Crippen LogP contribution in [0.5, 0.6) is 23.0 Å². The number of rotatable bonds is 8. The number of ether oxygens (including phenoxy) is 4. The standard InChI is InChI=1S/C27H20F3NO6S/c1-15-10-19(7-9-20(15)35-13-24(32)33)34-12-23-31-25(17-4-8-21-22(11-17)37-14-36-21)26(38-23)16-2-5-18(6-3-16)27(28,29)30/h2-11H,12-14H2,1H3,(H,32,33). The number of carbonyl (C=O) groups is 1. The Kier molecular flexibility index (Phi) is 6.85. The van der Waals surface area contributed by atoms with Crippen molar-refractivity contribution < 1.29 is 42.0 Å². The maximum absolute atomic E-state index is 13.1. The van der Waals surface area contributed by atoms with Gasteiger partial charge in [-0.3, -0.25) is 0 Å². The molecular weight excluding hydrogens is 523 g/mol. The van der Waals surface area contributed by atoms with Crippen molar-refractivity contribution in [3.8, 4) is 44.7 Å². The number of hydrogen-bond donors (Lipinski definition) is 1. The molecule has 0 atom stereocenters. The van der Waals surface area contributed by atoms with Gasteiger partial charge in [0.25, 0.3) is 0 Å². The van der Waals surface area contributed by atoms with Crippen molar-refractivity contribution in [2.45, 2.75) is 19.7 Å². The highest BCUT2D eigenvalue weighted by Gasteiger charge is 2.30. The van der Waals surface area contributed by atoms with E-state index in [1.165, 1.54) is 23.5 Å². The first-order valence-electron chi connectivity index (χ1n) is 11.3. The first-order valence-corrected chi connectivity index (χ1v) is 12.1. The van der Waals surface area contributed by atoms with Crippen LogP contribution in [0.25, 0.3) is 21.7 Å². The molecule has 0 bridgehead atoms. The molecule has 0 saturated carbocycles. The molecule has 3 aromatic carbocycles. The maximum Gasteiger partial charge on any atom is 0.416 e. The average Bonchev–Trinajstić information content (AvgIpc) is 3.53. The maximum atomic E-state index is 13.1. The highest BCUT2D eigenvalue weighted by molar-refractivity contribution is 7.15. The van der Waals surface area contributed by atoms with Crippen molar-refractivity contribution in [2.24, 2.45) is 0 Å². The summed E-state index contributed by atoms with van der Waals surface area (Å²) in [5, 5.41) is 9.40. The second-order valence-corrected chi connectivity index (χ2v) is 9.41. The van der Waals surface area contributed by atoms with Gasteiger partial charge in [0.05, 0.1) is 16.1 Å². The fraction of sp³-hybridized carbons (Fsp3) is 0.185. The van der Waals surface area contributed by atoms with Gasteiger partial charge < -0.3 is 24.1 Å². The molecule has 0 amide bonds. The lowest BCUT2D eigenvalue weighted by Crippen LogP contribution is -2.10. The highest BCUT2D eigenvalue weighted by Crippen LogP contribution is 2.42. The Morgan fingerprint density at radius 3 is 2.45 bits per heavy atom. The molecule has 196 valence electrons. The molecule has 1 aliphatic heterocycles. The SMILES string of the molecule is Cc1cc(OCc2nc(-c3ccc4c(c3)OCO4)c(-c3ccc(C(F)(F)F)cc3)s2)ccc1OCC(=O)O. The Balaban J connectivity index is 1.43. The second-order valence-electron chi connectivity index (χ2n) is 8.33. The lowest BCUT2D eigenvalue weighted by molar-refractivity contribution is -0.139. The largest absolute Gasteiger partial charge is 0.486 e. The van der Waals surface area contributed by atoms with Crippen LogP contribution < -0.4 is 18.9 Å². The smallest absolute Gasteiger partial charge is 0.416 e. The van der Waals surface area contributed by atoms with Crippen molar-refractivity contribution in [2.75, 3.05) is 13.4 Å². The van der Waals surface area contributed by atoms with Crippen LogP contribution >= 0.6 is 11.3 Å². The van der Waals surface area contributed by atoms with E-state index in [1.807, 2.05) is 6.07 Å². The molecule has 0 radical (unpaired) electrons. The van der Waals surface area contributed by atoms with Crippen molar-refractivity contribution in [3.63, 3.8) is 0 Å². The van der Waals surface area contributed by atoms with Crippen LogP contribution in [0.4, 0.5) is 13.2 Å². The number of nitrogens with zero attached hydrogens (tertiary/aromatic N) is 1. The lowest BCUT2D eigenvalue weighted by atomic mass is 10.0. The first kappa shape index (κ1) is 25.4. The summed E-state index contributed by atoms with van der Waals surface area (Å²) in [4.78, 5) is 16.2. The molecule has 1 N–H and O–H groups in total. The number of benzene rings is 3. The molecule has 7 nitrogen and oxygen atoms in total. The fourth-order valence-electron chi connectivity index (χ4n) is 3.83. The number of alkyl halides is 3. The molecular formula is C27H20F3NO6S. The third-order valence-corrected chi connectivity index (χ3v) is 6.73. The number of aromatic nitrogens is 1. The number of aliphatic carboxylic acids is 1.